The summed E-state index contributed by atoms with van der Waals surface area (Å²) < 4.78 is 0. The van der Waals surface area contributed by atoms with Crippen molar-refractivity contribution in [3.05, 3.63) is 83.8 Å². The van der Waals surface area contributed by atoms with Gasteiger partial charge in [-0.2, -0.15) is 0 Å². The molecule has 1 aliphatic rings. The van der Waals surface area contributed by atoms with Gasteiger partial charge in [0.2, 0.25) is 0 Å². The van der Waals surface area contributed by atoms with Crippen molar-refractivity contribution in [3.63, 3.8) is 0 Å². The molecule has 0 atom stereocenters. The molecule has 0 aliphatic carbocycles. The van der Waals surface area contributed by atoms with Crippen LogP contribution < -0.4 is 10.2 Å². The van der Waals surface area contributed by atoms with E-state index in [0.29, 0.717) is 31.1 Å². The molecule has 1 N–H and O–H groups in total. The maximum atomic E-state index is 12.8. The molecule has 0 bridgehead atoms. The van der Waals surface area contributed by atoms with E-state index >= 15 is 0 Å². The molecule has 0 radical (unpaired) electrons. The van der Waals surface area contributed by atoms with Crippen LogP contribution in [0.4, 0.5) is 11.5 Å². The fourth-order valence-electron chi connectivity index (χ4n) is 3.49. The third-order valence-corrected chi connectivity index (χ3v) is 5.28. The lowest BCUT2D eigenvalue weighted by Crippen LogP contribution is -2.49. The van der Waals surface area contributed by atoms with Gasteiger partial charge >= 0.3 is 0 Å². The first-order chi connectivity index (χ1) is 14.2. The summed E-state index contributed by atoms with van der Waals surface area (Å²) in [7, 11) is 0. The van der Waals surface area contributed by atoms with E-state index in [4.69, 9.17) is 0 Å². The van der Waals surface area contributed by atoms with Crippen LogP contribution in [-0.4, -0.2) is 47.0 Å². The van der Waals surface area contributed by atoms with Crippen molar-refractivity contribution < 1.29 is 4.79 Å². The van der Waals surface area contributed by atoms with E-state index in [2.05, 4.69) is 51.4 Å². The van der Waals surface area contributed by atoms with Gasteiger partial charge in [0.15, 0.2) is 0 Å². The number of hydrogen-bond acceptors (Lipinski definition) is 5. The zero-order chi connectivity index (χ0) is 20.1. The van der Waals surface area contributed by atoms with E-state index in [1.165, 1.54) is 16.8 Å². The minimum absolute atomic E-state index is 0.0596. The first-order valence-corrected chi connectivity index (χ1v) is 9.90. The molecule has 6 heteroatoms. The maximum Gasteiger partial charge on any atom is 0.274 e. The van der Waals surface area contributed by atoms with Crippen molar-refractivity contribution in [2.45, 2.75) is 13.5 Å². The van der Waals surface area contributed by atoms with Gasteiger partial charge in [0.1, 0.15) is 11.5 Å². The van der Waals surface area contributed by atoms with Gasteiger partial charge in [-0.1, -0.05) is 42.5 Å². The zero-order valence-corrected chi connectivity index (χ0v) is 16.6. The quantitative estimate of drug-likeness (QED) is 0.727. The second kappa shape index (κ2) is 8.73. The van der Waals surface area contributed by atoms with Crippen LogP contribution in [0.15, 0.2) is 67.0 Å². The van der Waals surface area contributed by atoms with Gasteiger partial charge in [0.05, 0.1) is 12.4 Å². The van der Waals surface area contributed by atoms with Crippen LogP contribution in [0.1, 0.15) is 21.6 Å². The highest BCUT2D eigenvalue weighted by Gasteiger charge is 2.23. The lowest BCUT2D eigenvalue weighted by atomic mass is 10.1. The number of piperazine rings is 1. The van der Waals surface area contributed by atoms with E-state index in [1.54, 1.807) is 12.4 Å². The molecule has 2 heterocycles. The van der Waals surface area contributed by atoms with E-state index in [1.807, 2.05) is 35.2 Å². The molecule has 2 aromatic carbocycles. The maximum absolute atomic E-state index is 12.8. The third-order valence-electron chi connectivity index (χ3n) is 5.28. The SMILES string of the molecule is Cc1ccccc1CNc1cnc(C(=O)N2CCN(c3ccccc3)CC2)cn1. The van der Waals surface area contributed by atoms with Crippen molar-refractivity contribution in [2.75, 3.05) is 36.4 Å². The first-order valence-electron chi connectivity index (χ1n) is 9.90. The molecule has 0 spiro atoms. The molecule has 4 rings (SSSR count). The fraction of sp³-hybridized carbons (Fsp3) is 0.261. The molecular formula is C23H25N5O. The minimum atomic E-state index is -0.0596. The number of aromatic nitrogens is 2. The minimum Gasteiger partial charge on any atom is -0.368 e. The number of anilines is 2. The monoisotopic (exact) mass is 387 g/mol. The number of nitrogens with one attached hydrogen (secondary N) is 1. The van der Waals surface area contributed by atoms with E-state index in [-0.39, 0.29) is 5.91 Å². The number of aryl methyl sites for hydroxylation is 1. The topological polar surface area (TPSA) is 61.4 Å². The standard InChI is InChI=1S/C23H25N5O/c1-18-7-5-6-8-19(18)15-25-22-17-24-21(16-26-22)23(29)28-13-11-27(12-14-28)20-9-3-2-4-10-20/h2-10,16-17H,11-15H2,1H3,(H,25,26). The van der Waals surface area contributed by atoms with Crippen LogP contribution in [0.2, 0.25) is 0 Å². The first kappa shape index (κ1) is 18.9. The Hall–Kier alpha value is -3.41. The average Bonchev–Trinajstić information content (AvgIpc) is 2.79. The normalized spacial score (nSPS) is 14.0. The summed E-state index contributed by atoms with van der Waals surface area (Å²) in [6.07, 6.45) is 3.19. The van der Waals surface area contributed by atoms with Gasteiger partial charge in [-0.3, -0.25) is 4.79 Å². The van der Waals surface area contributed by atoms with Crippen molar-refractivity contribution in [2.24, 2.45) is 0 Å². The Kier molecular flexibility index (Phi) is 5.70. The van der Waals surface area contributed by atoms with E-state index in [0.717, 1.165) is 13.1 Å². The molecular weight excluding hydrogens is 362 g/mol. The van der Waals surface area contributed by atoms with Gasteiger partial charge in [0.25, 0.3) is 5.91 Å². The lowest BCUT2D eigenvalue weighted by molar-refractivity contribution is 0.0740. The molecule has 1 fully saturated rings. The lowest BCUT2D eigenvalue weighted by Gasteiger charge is -2.35. The predicted octanol–water partition coefficient (Wildman–Crippen LogP) is 3.36. The summed E-state index contributed by atoms with van der Waals surface area (Å²) in [5.74, 6) is 0.606. The smallest absolute Gasteiger partial charge is 0.274 e. The predicted molar refractivity (Wildman–Crippen MR) is 115 cm³/mol. The van der Waals surface area contributed by atoms with Gasteiger partial charge in [0, 0.05) is 38.4 Å². The molecule has 148 valence electrons. The Bertz CT molecular complexity index is 951. The van der Waals surface area contributed by atoms with Crippen LogP contribution in [-0.2, 0) is 6.54 Å². The second-order valence-corrected chi connectivity index (χ2v) is 7.18. The van der Waals surface area contributed by atoms with Crippen LogP contribution in [0, 0.1) is 6.92 Å². The van der Waals surface area contributed by atoms with Crippen LogP contribution in [0.5, 0.6) is 0 Å². The number of para-hydroxylation sites is 1. The second-order valence-electron chi connectivity index (χ2n) is 7.18. The summed E-state index contributed by atoms with van der Waals surface area (Å²) in [6.45, 7) is 5.77. The highest BCUT2D eigenvalue weighted by molar-refractivity contribution is 5.92. The summed E-state index contributed by atoms with van der Waals surface area (Å²) in [5, 5.41) is 3.27. The number of hydrogen-bond donors (Lipinski definition) is 1. The molecule has 0 saturated carbocycles. The van der Waals surface area contributed by atoms with Gasteiger partial charge in [-0.05, 0) is 30.2 Å². The molecule has 3 aromatic rings. The third kappa shape index (κ3) is 4.54. The molecule has 1 saturated heterocycles. The summed E-state index contributed by atoms with van der Waals surface area (Å²) in [6, 6.07) is 18.5. The van der Waals surface area contributed by atoms with Gasteiger partial charge < -0.3 is 15.1 Å². The fourth-order valence-corrected chi connectivity index (χ4v) is 3.49. The molecule has 29 heavy (non-hydrogen) atoms. The summed E-state index contributed by atoms with van der Waals surface area (Å²) in [4.78, 5) is 25.6. The molecule has 1 aliphatic heterocycles. The Morgan fingerprint density at radius 1 is 0.931 bits per heavy atom. The number of amides is 1. The Labute approximate surface area is 171 Å². The number of carbonyl (C=O) groups excluding carboxylic acids is 1. The molecule has 1 aromatic heterocycles. The molecule has 0 unspecified atom stereocenters. The van der Waals surface area contributed by atoms with Crippen LogP contribution >= 0.6 is 0 Å². The molecule has 6 nitrogen and oxygen atoms in total. The van der Waals surface area contributed by atoms with Crippen molar-refractivity contribution in [3.8, 4) is 0 Å². The summed E-state index contributed by atoms with van der Waals surface area (Å²) in [5.41, 5.74) is 4.03. The Morgan fingerprint density at radius 2 is 1.66 bits per heavy atom. The van der Waals surface area contributed by atoms with Crippen molar-refractivity contribution in [1.82, 2.24) is 14.9 Å². The Morgan fingerprint density at radius 3 is 2.34 bits per heavy atom. The highest BCUT2D eigenvalue weighted by Crippen LogP contribution is 2.17. The van der Waals surface area contributed by atoms with Crippen molar-refractivity contribution in [1.29, 1.82) is 0 Å². The zero-order valence-electron chi connectivity index (χ0n) is 16.6. The van der Waals surface area contributed by atoms with E-state index < -0.39 is 0 Å². The Balaban J connectivity index is 1.32. The average molecular weight is 387 g/mol. The van der Waals surface area contributed by atoms with Gasteiger partial charge in [-0.15, -0.1) is 0 Å². The van der Waals surface area contributed by atoms with Crippen LogP contribution in [0.25, 0.3) is 0 Å². The van der Waals surface area contributed by atoms with Crippen molar-refractivity contribution >= 4 is 17.4 Å². The van der Waals surface area contributed by atoms with Gasteiger partial charge in [-0.25, -0.2) is 9.97 Å². The number of carbonyl (C=O) groups is 1. The highest BCUT2D eigenvalue weighted by atomic mass is 16.2. The van der Waals surface area contributed by atoms with Crippen LogP contribution in [0.3, 0.4) is 0 Å². The number of rotatable bonds is 5. The van der Waals surface area contributed by atoms with E-state index in [9.17, 15) is 4.79 Å². The number of nitrogens with zero attached hydrogens (tertiary/aromatic N) is 4. The molecule has 1 amide bonds. The summed E-state index contributed by atoms with van der Waals surface area (Å²) >= 11 is 0. The largest absolute Gasteiger partial charge is 0.368 e. The number of benzene rings is 2.